The molecule has 1 amide bonds. The average molecular weight is 333 g/mol. The van der Waals surface area contributed by atoms with E-state index in [2.05, 4.69) is 5.32 Å². The minimum absolute atomic E-state index is 0.136. The third-order valence-electron chi connectivity index (χ3n) is 2.19. The number of alkyl carbamates (subject to hydrolysis) is 1. The molecule has 0 fully saturated rings. The van der Waals surface area contributed by atoms with Gasteiger partial charge in [-0.15, -0.1) is 0 Å². The maximum atomic E-state index is 12.2. The van der Waals surface area contributed by atoms with Crippen molar-refractivity contribution in [2.75, 3.05) is 6.54 Å². The molecule has 1 aromatic carbocycles. The molecule has 0 spiro atoms. The minimum atomic E-state index is -4.28. The van der Waals surface area contributed by atoms with Crippen molar-refractivity contribution in [1.29, 1.82) is 0 Å². The Kier molecular flexibility index (Phi) is 6.34. The van der Waals surface area contributed by atoms with Gasteiger partial charge in [0.25, 0.3) is 0 Å². The molecule has 1 aromatic rings. The number of amides is 1. The number of ether oxygens (including phenoxy) is 1. The van der Waals surface area contributed by atoms with Gasteiger partial charge >= 0.3 is 11.6 Å². The maximum absolute atomic E-state index is 12.2. The van der Waals surface area contributed by atoms with Crippen LogP contribution in [0.25, 0.3) is 6.08 Å². The van der Waals surface area contributed by atoms with Crippen molar-refractivity contribution >= 4 is 23.9 Å². The van der Waals surface area contributed by atoms with Gasteiger partial charge in [-0.25, -0.2) is 4.79 Å². The van der Waals surface area contributed by atoms with Crippen molar-refractivity contribution in [2.24, 2.45) is 0 Å². The molecule has 0 aromatic heterocycles. The summed E-state index contributed by atoms with van der Waals surface area (Å²) < 4.78 is 41.6. The second-order valence-electron chi connectivity index (χ2n) is 5.40. The molecule has 0 aliphatic heterocycles. The van der Waals surface area contributed by atoms with E-state index < -0.39 is 17.2 Å². The van der Waals surface area contributed by atoms with E-state index in [1.807, 2.05) is 0 Å². The van der Waals surface area contributed by atoms with Gasteiger partial charge in [-0.05, 0) is 50.2 Å². The van der Waals surface area contributed by atoms with Crippen LogP contribution in [0.4, 0.5) is 18.0 Å². The first kappa shape index (κ1) is 18.4. The van der Waals surface area contributed by atoms with Crippen LogP contribution in [0.1, 0.15) is 26.3 Å². The predicted octanol–water partition coefficient (Wildman–Crippen LogP) is 4.84. The number of carbonyl (C=O) groups is 1. The van der Waals surface area contributed by atoms with E-state index in [9.17, 15) is 18.0 Å². The zero-order valence-electron chi connectivity index (χ0n) is 12.5. The van der Waals surface area contributed by atoms with Crippen molar-refractivity contribution in [3.63, 3.8) is 0 Å². The highest BCUT2D eigenvalue weighted by atomic mass is 32.2. The molecule has 0 heterocycles. The Hall–Kier alpha value is -1.63. The smallest absolute Gasteiger partial charge is 0.444 e. The molecule has 0 atom stereocenters. The van der Waals surface area contributed by atoms with E-state index in [1.54, 1.807) is 45.1 Å². The zero-order valence-corrected chi connectivity index (χ0v) is 13.3. The van der Waals surface area contributed by atoms with Crippen molar-refractivity contribution in [3.8, 4) is 0 Å². The molecule has 1 rings (SSSR count). The van der Waals surface area contributed by atoms with Crippen molar-refractivity contribution in [3.05, 3.63) is 35.9 Å². The first-order valence-electron chi connectivity index (χ1n) is 6.54. The van der Waals surface area contributed by atoms with E-state index in [0.29, 0.717) is 0 Å². The highest BCUT2D eigenvalue weighted by Gasteiger charge is 2.28. The topological polar surface area (TPSA) is 38.3 Å². The summed E-state index contributed by atoms with van der Waals surface area (Å²) >= 11 is -0.151. The number of thioether (sulfide) groups is 1. The molecule has 0 bridgehead atoms. The summed E-state index contributed by atoms with van der Waals surface area (Å²) in [6.07, 6.45) is 2.88. The number of nitrogens with one attached hydrogen (secondary N) is 1. The van der Waals surface area contributed by atoms with Gasteiger partial charge in [0.2, 0.25) is 0 Å². The summed E-state index contributed by atoms with van der Waals surface area (Å²) in [4.78, 5) is 11.5. The molecule has 3 nitrogen and oxygen atoms in total. The van der Waals surface area contributed by atoms with Gasteiger partial charge in [-0.2, -0.15) is 13.2 Å². The van der Waals surface area contributed by atoms with Crippen LogP contribution >= 0.6 is 11.8 Å². The van der Waals surface area contributed by atoms with Crippen LogP contribution in [-0.4, -0.2) is 23.7 Å². The minimum Gasteiger partial charge on any atom is -0.444 e. The third kappa shape index (κ3) is 8.61. The lowest BCUT2D eigenvalue weighted by Gasteiger charge is -2.19. The molecule has 0 aliphatic carbocycles. The van der Waals surface area contributed by atoms with Gasteiger partial charge in [-0.3, -0.25) is 0 Å². The molecule has 122 valence electrons. The molecular weight excluding hydrogens is 315 g/mol. The normalized spacial score (nSPS) is 12.5. The van der Waals surface area contributed by atoms with Crippen LogP contribution in [0.5, 0.6) is 0 Å². The molecule has 7 heteroatoms. The van der Waals surface area contributed by atoms with Gasteiger partial charge in [-0.1, -0.05) is 24.3 Å². The molecule has 22 heavy (non-hydrogen) atoms. The van der Waals surface area contributed by atoms with Crippen LogP contribution in [-0.2, 0) is 4.74 Å². The summed E-state index contributed by atoms with van der Waals surface area (Å²) in [7, 11) is 0. The van der Waals surface area contributed by atoms with E-state index >= 15 is 0 Å². The number of hydrogen-bond donors (Lipinski definition) is 1. The first-order chi connectivity index (χ1) is 10.1. The van der Waals surface area contributed by atoms with Crippen molar-refractivity contribution < 1.29 is 22.7 Å². The fourth-order valence-corrected chi connectivity index (χ4v) is 1.97. The van der Waals surface area contributed by atoms with E-state index in [4.69, 9.17) is 4.74 Å². The highest BCUT2D eigenvalue weighted by Crippen LogP contribution is 2.36. The number of carbonyl (C=O) groups excluding carboxylic acids is 1. The summed E-state index contributed by atoms with van der Waals surface area (Å²) in [6.45, 7) is 5.57. The largest absolute Gasteiger partial charge is 0.446 e. The standard InChI is InChI=1S/C15H18F3NO2S/c1-14(2,3)21-13(20)19-10-4-5-11-6-8-12(9-7-11)22-15(16,17)18/h4-9H,10H2,1-3H3,(H,19,20). The Morgan fingerprint density at radius 3 is 2.32 bits per heavy atom. The average Bonchev–Trinajstić information content (AvgIpc) is 2.32. The van der Waals surface area contributed by atoms with Gasteiger partial charge in [0.15, 0.2) is 0 Å². The Labute approximate surface area is 131 Å². The highest BCUT2D eigenvalue weighted by molar-refractivity contribution is 8.00. The number of rotatable bonds is 4. The lowest BCUT2D eigenvalue weighted by atomic mass is 10.2. The lowest BCUT2D eigenvalue weighted by molar-refractivity contribution is -0.0328. The Bertz CT molecular complexity index is 519. The molecule has 0 saturated carbocycles. The molecule has 0 unspecified atom stereocenters. The van der Waals surface area contributed by atoms with Crippen LogP contribution in [0, 0.1) is 0 Å². The summed E-state index contributed by atoms with van der Waals surface area (Å²) in [6, 6.07) is 5.97. The second-order valence-corrected chi connectivity index (χ2v) is 6.54. The SMILES string of the molecule is CC(C)(C)OC(=O)NCC=Cc1ccc(SC(F)(F)F)cc1. The van der Waals surface area contributed by atoms with Gasteiger partial charge < -0.3 is 10.1 Å². The maximum Gasteiger partial charge on any atom is 0.446 e. The third-order valence-corrected chi connectivity index (χ3v) is 2.93. The van der Waals surface area contributed by atoms with E-state index in [-0.39, 0.29) is 23.2 Å². The Morgan fingerprint density at radius 1 is 1.23 bits per heavy atom. The summed E-state index contributed by atoms with van der Waals surface area (Å²) in [5.74, 6) is 0. The monoisotopic (exact) mass is 333 g/mol. The Morgan fingerprint density at radius 2 is 1.82 bits per heavy atom. The quantitative estimate of drug-likeness (QED) is 0.802. The van der Waals surface area contributed by atoms with Crippen molar-refractivity contribution in [1.82, 2.24) is 5.32 Å². The van der Waals surface area contributed by atoms with Crippen LogP contribution < -0.4 is 5.32 Å². The molecule has 0 saturated heterocycles. The van der Waals surface area contributed by atoms with Gasteiger partial charge in [0.05, 0.1) is 0 Å². The molecular formula is C15H18F3NO2S. The number of halogens is 3. The fraction of sp³-hybridized carbons (Fsp3) is 0.400. The Balaban J connectivity index is 2.42. The number of alkyl halides is 3. The van der Waals surface area contributed by atoms with E-state index in [1.165, 1.54) is 12.1 Å². The summed E-state index contributed by atoms with van der Waals surface area (Å²) in [5, 5.41) is 2.55. The van der Waals surface area contributed by atoms with Crippen LogP contribution in [0.2, 0.25) is 0 Å². The number of benzene rings is 1. The molecule has 1 N–H and O–H groups in total. The first-order valence-corrected chi connectivity index (χ1v) is 7.36. The van der Waals surface area contributed by atoms with Crippen LogP contribution in [0.15, 0.2) is 35.2 Å². The lowest BCUT2D eigenvalue weighted by Crippen LogP contribution is -2.32. The van der Waals surface area contributed by atoms with Crippen LogP contribution in [0.3, 0.4) is 0 Å². The fourth-order valence-electron chi connectivity index (χ4n) is 1.43. The van der Waals surface area contributed by atoms with Gasteiger partial charge in [0.1, 0.15) is 5.60 Å². The van der Waals surface area contributed by atoms with Crippen molar-refractivity contribution in [2.45, 2.75) is 36.8 Å². The predicted molar refractivity (Wildman–Crippen MR) is 81.6 cm³/mol. The number of hydrogen-bond acceptors (Lipinski definition) is 3. The second kappa shape index (κ2) is 7.58. The van der Waals surface area contributed by atoms with E-state index in [0.717, 1.165) is 5.56 Å². The molecule has 0 radical (unpaired) electrons. The summed E-state index contributed by atoms with van der Waals surface area (Å²) in [5.41, 5.74) is -4.09. The molecule has 0 aliphatic rings. The van der Waals surface area contributed by atoms with Gasteiger partial charge in [0, 0.05) is 11.4 Å². The zero-order chi connectivity index (χ0) is 16.8.